The highest BCUT2D eigenvalue weighted by molar-refractivity contribution is 5.85. The smallest absolute Gasteiger partial charge is 0.332 e. The number of ether oxygens (including phenoxy) is 1. The number of esters is 1. The molecular formula is C9H14N2O4. The number of carbonyl (C=O) groups is 2. The minimum Gasteiger partial charge on any atom is -0.458 e. The molecule has 0 saturated carbocycles. The number of rotatable bonds is 4. The molecule has 0 heterocycles. The Kier molecular flexibility index (Phi) is 4.67. The molecule has 0 aliphatic carbocycles. The van der Waals surface area contributed by atoms with Crippen molar-refractivity contribution in [2.75, 3.05) is 0 Å². The third kappa shape index (κ3) is 6.40. The quantitative estimate of drug-likeness (QED) is 0.401. The molecule has 84 valence electrons. The molecule has 1 amide bonds. The second kappa shape index (κ2) is 5.26. The van der Waals surface area contributed by atoms with Gasteiger partial charge in [0.15, 0.2) is 6.04 Å². The zero-order valence-corrected chi connectivity index (χ0v) is 8.94. The molecule has 0 aromatic carbocycles. The van der Waals surface area contributed by atoms with E-state index in [9.17, 15) is 14.4 Å². The average molecular weight is 214 g/mol. The molecule has 0 fully saturated rings. The van der Waals surface area contributed by atoms with Gasteiger partial charge in [0.25, 0.3) is 0 Å². The number of aliphatic imine (C=N–C) groups is 1. The normalized spacial score (nSPS) is 12.5. The van der Waals surface area contributed by atoms with Crippen molar-refractivity contribution in [2.24, 2.45) is 10.7 Å². The van der Waals surface area contributed by atoms with Crippen LogP contribution in [-0.4, -0.2) is 29.6 Å². The van der Waals surface area contributed by atoms with E-state index in [2.05, 4.69) is 4.99 Å². The van der Waals surface area contributed by atoms with Gasteiger partial charge in [0.2, 0.25) is 12.0 Å². The van der Waals surface area contributed by atoms with Crippen LogP contribution in [0, 0.1) is 0 Å². The van der Waals surface area contributed by atoms with E-state index in [1.807, 2.05) is 0 Å². The third-order valence-corrected chi connectivity index (χ3v) is 1.28. The van der Waals surface area contributed by atoms with E-state index >= 15 is 0 Å². The predicted molar refractivity (Wildman–Crippen MR) is 51.6 cm³/mol. The lowest BCUT2D eigenvalue weighted by molar-refractivity contribution is -0.157. The molecule has 0 aromatic heterocycles. The summed E-state index contributed by atoms with van der Waals surface area (Å²) in [7, 11) is 0. The fourth-order valence-corrected chi connectivity index (χ4v) is 0.806. The summed E-state index contributed by atoms with van der Waals surface area (Å²) in [5.74, 6) is -1.49. The summed E-state index contributed by atoms with van der Waals surface area (Å²) < 4.78 is 4.93. The Morgan fingerprint density at radius 3 is 2.33 bits per heavy atom. The van der Waals surface area contributed by atoms with Crippen LogP contribution >= 0.6 is 0 Å². The van der Waals surface area contributed by atoms with Gasteiger partial charge in [-0.1, -0.05) is 0 Å². The number of carbonyl (C=O) groups excluding carboxylic acids is 3. The van der Waals surface area contributed by atoms with Crippen molar-refractivity contribution in [3.05, 3.63) is 0 Å². The van der Waals surface area contributed by atoms with Crippen molar-refractivity contribution >= 4 is 18.0 Å². The number of isocyanates is 1. The van der Waals surface area contributed by atoms with Crippen LogP contribution in [-0.2, 0) is 19.1 Å². The molecule has 0 spiro atoms. The lowest BCUT2D eigenvalue weighted by Gasteiger charge is -2.21. The van der Waals surface area contributed by atoms with Crippen molar-refractivity contribution in [1.29, 1.82) is 0 Å². The fourth-order valence-electron chi connectivity index (χ4n) is 0.806. The maximum Gasteiger partial charge on any atom is 0.332 e. The maximum atomic E-state index is 11.4. The van der Waals surface area contributed by atoms with Crippen LogP contribution in [0.25, 0.3) is 0 Å². The van der Waals surface area contributed by atoms with E-state index in [-0.39, 0.29) is 6.42 Å². The van der Waals surface area contributed by atoms with Crippen LogP contribution in [0.1, 0.15) is 27.2 Å². The Balaban J connectivity index is 4.56. The molecule has 0 bridgehead atoms. The molecule has 0 aliphatic rings. The van der Waals surface area contributed by atoms with E-state index in [0.717, 1.165) is 0 Å². The first kappa shape index (κ1) is 13.3. The van der Waals surface area contributed by atoms with Gasteiger partial charge < -0.3 is 10.5 Å². The highest BCUT2D eigenvalue weighted by Crippen LogP contribution is 2.11. The molecule has 2 N–H and O–H groups in total. The van der Waals surface area contributed by atoms with Gasteiger partial charge in [-0.25, -0.2) is 9.59 Å². The molecule has 0 radical (unpaired) electrons. The Morgan fingerprint density at radius 1 is 1.47 bits per heavy atom. The number of primary amides is 1. The molecule has 1 unspecified atom stereocenters. The van der Waals surface area contributed by atoms with E-state index in [1.165, 1.54) is 6.08 Å². The highest BCUT2D eigenvalue weighted by Gasteiger charge is 2.26. The summed E-state index contributed by atoms with van der Waals surface area (Å²) >= 11 is 0. The van der Waals surface area contributed by atoms with Crippen molar-refractivity contribution in [1.82, 2.24) is 0 Å². The van der Waals surface area contributed by atoms with E-state index in [4.69, 9.17) is 10.5 Å². The first-order valence-electron chi connectivity index (χ1n) is 4.34. The second-order valence-corrected chi connectivity index (χ2v) is 3.94. The molecular weight excluding hydrogens is 200 g/mol. The number of hydrogen-bond donors (Lipinski definition) is 1. The second-order valence-electron chi connectivity index (χ2n) is 3.94. The van der Waals surface area contributed by atoms with Gasteiger partial charge in [-0.3, -0.25) is 4.79 Å². The fraction of sp³-hybridized carbons (Fsp3) is 0.667. The SMILES string of the molecule is CC(C)(C)OC(=O)C(CC(N)=O)N=C=O. The molecule has 0 aromatic rings. The van der Waals surface area contributed by atoms with Crippen LogP contribution in [0.2, 0.25) is 0 Å². The number of nitrogens with zero attached hydrogens (tertiary/aromatic N) is 1. The zero-order chi connectivity index (χ0) is 12.1. The molecule has 0 aliphatic heterocycles. The van der Waals surface area contributed by atoms with Crippen LogP contribution < -0.4 is 5.73 Å². The molecule has 1 atom stereocenters. The van der Waals surface area contributed by atoms with Crippen molar-refractivity contribution in [3.8, 4) is 0 Å². The minimum absolute atomic E-state index is 0.357. The Hall–Kier alpha value is -1.68. The predicted octanol–water partition coefficient (Wildman–Crippen LogP) is -0.0921. The van der Waals surface area contributed by atoms with Gasteiger partial charge >= 0.3 is 5.97 Å². The van der Waals surface area contributed by atoms with Gasteiger partial charge in [0.1, 0.15) is 5.60 Å². The summed E-state index contributed by atoms with van der Waals surface area (Å²) in [6.07, 6.45) is 0.849. The topological polar surface area (TPSA) is 98.8 Å². The largest absolute Gasteiger partial charge is 0.458 e. The standard InChI is InChI=1S/C9H14N2O4/c1-9(2,3)15-8(14)6(11-5-12)4-7(10)13/h6H,4H2,1-3H3,(H2,10,13). The first-order valence-corrected chi connectivity index (χ1v) is 4.34. The molecule has 6 heteroatoms. The van der Waals surface area contributed by atoms with Gasteiger partial charge in [-0.2, -0.15) is 4.99 Å². The number of hydrogen-bond acceptors (Lipinski definition) is 5. The third-order valence-electron chi connectivity index (χ3n) is 1.28. The van der Waals surface area contributed by atoms with E-state index < -0.39 is 23.5 Å². The van der Waals surface area contributed by atoms with Crippen LogP contribution in [0.4, 0.5) is 0 Å². The van der Waals surface area contributed by atoms with Gasteiger partial charge in [-0.05, 0) is 20.8 Å². The van der Waals surface area contributed by atoms with Gasteiger partial charge in [0, 0.05) is 0 Å². The summed E-state index contributed by atoms with van der Waals surface area (Å²) in [5, 5.41) is 0. The van der Waals surface area contributed by atoms with E-state index in [1.54, 1.807) is 20.8 Å². The van der Waals surface area contributed by atoms with Gasteiger partial charge in [-0.15, -0.1) is 0 Å². The molecule has 15 heavy (non-hydrogen) atoms. The van der Waals surface area contributed by atoms with Gasteiger partial charge in [0.05, 0.1) is 6.42 Å². The Morgan fingerprint density at radius 2 is 2.00 bits per heavy atom. The molecule has 0 saturated heterocycles. The summed E-state index contributed by atoms with van der Waals surface area (Å²) in [6.45, 7) is 4.99. The summed E-state index contributed by atoms with van der Waals surface area (Å²) in [4.78, 5) is 35.1. The zero-order valence-electron chi connectivity index (χ0n) is 8.94. The van der Waals surface area contributed by atoms with Crippen molar-refractivity contribution < 1.29 is 19.1 Å². The van der Waals surface area contributed by atoms with Crippen LogP contribution in [0.15, 0.2) is 4.99 Å². The Bertz CT molecular complexity index is 300. The number of amides is 1. The molecule has 6 nitrogen and oxygen atoms in total. The lowest BCUT2D eigenvalue weighted by Crippen LogP contribution is -2.33. The summed E-state index contributed by atoms with van der Waals surface area (Å²) in [5.41, 5.74) is 4.19. The van der Waals surface area contributed by atoms with Crippen molar-refractivity contribution in [3.63, 3.8) is 0 Å². The minimum atomic E-state index is -1.20. The lowest BCUT2D eigenvalue weighted by atomic mass is 10.1. The Labute approximate surface area is 87.5 Å². The number of nitrogens with two attached hydrogens (primary N) is 1. The first-order chi connectivity index (χ1) is 6.76. The molecule has 0 rings (SSSR count). The van der Waals surface area contributed by atoms with E-state index in [0.29, 0.717) is 0 Å². The van der Waals surface area contributed by atoms with Crippen molar-refractivity contribution in [2.45, 2.75) is 38.8 Å². The van der Waals surface area contributed by atoms with Crippen LogP contribution in [0.3, 0.4) is 0 Å². The monoisotopic (exact) mass is 214 g/mol. The maximum absolute atomic E-state index is 11.4. The average Bonchev–Trinajstić information content (AvgIpc) is 1.99. The highest BCUT2D eigenvalue weighted by atomic mass is 16.6. The summed E-state index contributed by atoms with van der Waals surface area (Å²) in [6, 6.07) is -1.20. The van der Waals surface area contributed by atoms with Crippen LogP contribution in [0.5, 0.6) is 0 Å².